The smallest absolute Gasteiger partial charge is 0.275 e. The Bertz CT molecular complexity index is 995. The molecule has 1 saturated carbocycles. The van der Waals surface area contributed by atoms with E-state index in [1.807, 2.05) is 30.3 Å². The number of halogens is 1. The van der Waals surface area contributed by atoms with Crippen LogP contribution in [0.1, 0.15) is 43.7 Å². The van der Waals surface area contributed by atoms with E-state index in [0.717, 1.165) is 31.2 Å². The van der Waals surface area contributed by atoms with Gasteiger partial charge in [-0.3, -0.25) is 14.6 Å². The van der Waals surface area contributed by atoms with E-state index in [0.29, 0.717) is 22.9 Å². The number of carbonyl (C=O) groups is 2. The molecule has 30 heavy (non-hydrogen) atoms. The highest BCUT2D eigenvalue weighted by atomic mass is 19.1. The summed E-state index contributed by atoms with van der Waals surface area (Å²) in [6, 6.07) is 14.0. The molecule has 0 bridgehead atoms. The summed E-state index contributed by atoms with van der Waals surface area (Å²) in [4.78, 5) is 32.6. The topological polar surface area (TPSA) is 61.8 Å². The van der Waals surface area contributed by atoms with Crippen molar-refractivity contribution in [2.75, 3.05) is 11.9 Å². The van der Waals surface area contributed by atoms with Gasteiger partial charge in [0.25, 0.3) is 5.91 Å². The van der Waals surface area contributed by atoms with Gasteiger partial charge in [-0.1, -0.05) is 43.3 Å². The number of amides is 2. The first-order chi connectivity index (χ1) is 14.4. The van der Waals surface area contributed by atoms with Crippen molar-refractivity contribution in [3.63, 3.8) is 0 Å². The van der Waals surface area contributed by atoms with Gasteiger partial charge < -0.3 is 10.2 Å². The van der Waals surface area contributed by atoms with Gasteiger partial charge in [0, 0.05) is 11.3 Å². The number of rotatable bonds is 4. The van der Waals surface area contributed by atoms with Crippen molar-refractivity contribution in [2.24, 2.45) is 10.9 Å². The maximum Gasteiger partial charge on any atom is 0.275 e. The standard InChI is InChI=1S/C24H26FN3O2/c1-16-10-12-24(13-11-16)27-22(18-6-4-3-5-7-18)23(30)28(24)15-21(29)26-19-9-8-17(2)20(25)14-19/h3-9,14,16H,10-13,15H2,1-2H3,(H,26,29). The molecule has 4 rings (SSSR count). The van der Waals surface area contributed by atoms with E-state index in [-0.39, 0.29) is 24.2 Å². The van der Waals surface area contributed by atoms with E-state index in [9.17, 15) is 14.0 Å². The second-order valence-electron chi connectivity index (χ2n) is 8.39. The minimum atomic E-state index is -0.676. The molecule has 5 nitrogen and oxygen atoms in total. The predicted octanol–water partition coefficient (Wildman–Crippen LogP) is 4.31. The van der Waals surface area contributed by atoms with E-state index in [2.05, 4.69) is 12.2 Å². The molecule has 2 aromatic carbocycles. The third-order valence-electron chi connectivity index (χ3n) is 6.15. The van der Waals surface area contributed by atoms with Gasteiger partial charge in [0.1, 0.15) is 23.7 Å². The Labute approximate surface area is 176 Å². The van der Waals surface area contributed by atoms with Crippen LogP contribution in [0.5, 0.6) is 0 Å². The van der Waals surface area contributed by atoms with Crippen LogP contribution in [-0.2, 0) is 9.59 Å². The molecule has 1 aliphatic heterocycles. The maximum absolute atomic E-state index is 13.8. The summed E-state index contributed by atoms with van der Waals surface area (Å²) >= 11 is 0. The fourth-order valence-corrected chi connectivity index (χ4v) is 4.26. The third kappa shape index (κ3) is 3.86. The highest BCUT2D eigenvalue weighted by Crippen LogP contribution is 2.41. The van der Waals surface area contributed by atoms with Crippen LogP contribution in [0.15, 0.2) is 53.5 Å². The summed E-state index contributed by atoms with van der Waals surface area (Å²) in [6.07, 6.45) is 3.39. The van der Waals surface area contributed by atoms with E-state index in [4.69, 9.17) is 4.99 Å². The molecule has 0 saturated heterocycles. The number of carbonyl (C=O) groups excluding carboxylic acids is 2. The van der Waals surface area contributed by atoms with Crippen LogP contribution in [0.3, 0.4) is 0 Å². The SMILES string of the molecule is Cc1ccc(NC(=O)CN2C(=O)C(c3ccccc3)=NC23CCC(C)CC3)cc1F. The Morgan fingerprint density at radius 1 is 1.20 bits per heavy atom. The predicted molar refractivity (Wildman–Crippen MR) is 115 cm³/mol. The first kappa shape index (κ1) is 20.3. The molecule has 6 heteroatoms. The molecule has 0 atom stereocenters. The summed E-state index contributed by atoms with van der Waals surface area (Å²) < 4.78 is 13.8. The molecule has 1 heterocycles. The number of anilines is 1. The molecule has 0 radical (unpaired) electrons. The van der Waals surface area contributed by atoms with Gasteiger partial charge in [0.05, 0.1) is 0 Å². The van der Waals surface area contributed by atoms with E-state index in [1.165, 1.54) is 6.07 Å². The summed E-state index contributed by atoms with van der Waals surface area (Å²) in [5, 5.41) is 2.72. The third-order valence-corrected chi connectivity index (χ3v) is 6.15. The van der Waals surface area contributed by atoms with Crippen LogP contribution < -0.4 is 5.32 Å². The van der Waals surface area contributed by atoms with Crippen LogP contribution in [0.4, 0.5) is 10.1 Å². The molecular formula is C24H26FN3O2. The van der Waals surface area contributed by atoms with E-state index >= 15 is 0 Å². The van der Waals surface area contributed by atoms with Gasteiger partial charge in [-0.25, -0.2) is 4.39 Å². The first-order valence-corrected chi connectivity index (χ1v) is 10.4. The van der Waals surface area contributed by atoms with Crippen molar-refractivity contribution < 1.29 is 14.0 Å². The summed E-state index contributed by atoms with van der Waals surface area (Å²) in [7, 11) is 0. The van der Waals surface area contributed by atoms with Gasteiger partial charge in [0.2, 0.25) is 5.91 Å². The quantitative estimate of drug-likeness (QED) is 0.821. The monoisotopic (exact) mass is 407 g/mol. The van der Waals surface area contributed by atoms with Crippen molar-refractivity contribution in [3.05, 3.63) is 65.5 Å². The van der Waals surface area contributed by atoms with Crippen LogP contribution in [0.25, 0.3) is 0 Å². The highest BCUT2D eigenvalue weighted by Gasteiger charge is 2.49. The summed E-state index contributed by atoms with van der Waals surface area (Å²) in [5.41, 5.74) is 1.40. The zero-order valence-electron chi connectivity index (χ0n) is 17.3. The van der Waals surface area contributed by atoms with Gasteiger partial charge in [-0.15, -0.1) is 0 Å². The lowest BCUT2D eigenvalue weighted by Crippen LogP contribution is -2.51. The maximum atomic E-state index is 13.8. The van der Waals surface area contributed by atoms with E-state index in [1.54, 1.807) is 24.0 Å². The zero-order valence-corrected chi connectivity index (χ0v) is 17.3. The van der Waals surface area contributed by atoms with Crippen LogP contribution in [-0.4, -0.2) is 34.6 Å². The molecular weight excluding hydrogens is 381 g/mol. The second kappa shape index (κ2) is 8.01. The van der Waals surface area contributed by atoms with Crippen LogP contribution >= 0.6 is 0 Å². The molecule has 156 valence electrons. The molecule has 2 aliphatic rings. The molecule has 2 amide bonds. The fourth-order valence-electron chi connectivity index (χ4n) is 4.26. The Balaban J connectivity index is 1.58. The minimum absolute atomic E-state index is 0.109. The van der Waals surface area contributed by atoms with E-state index < -0.39 is 5.66 Å². The number of aliphatic imine (C=N–C) groups is 1. The van der Waals surface area contributed by atoms with Crippen molar-refractivity contribution in [2.45, 2.75) is 45.2 Å². The Morgan fingerprint density at radius 2 is 1.90 bits per heavy atom. The van der Waals surface area contributed by atoms with Crippen molar-refractivity contribution in [3.8, 4) is 0 Å². The normalized spacial score (nSPS) is 23.6. The van der Waals surface area contributed by atoms with Crippen molar-refractivity contribution >= 4 is 23.2 Å². The number of nitrogens with zero attached hydrogens (tertiary/aromatic N) is 2. The number of hydrogen-bond donors (Lipinski definition) is 1. The molecule has 0 aromatic heterocycles. The van der Waals surface area contributed by atoms with Gasteiger partial charge in [-0.05, 0) is 56.2 Å². The van der Waals surface area contributed by atoms with Crippen LogP contribution in [0, 0.1) is 18.7 Å². The lowest BCUT2D eigenvalue weighted by molar-refractivity contribution is -0.134. The minimum Gasteiger partial charge on any atom is -0.324 e. The largest absolute Gasteiger partial charge is 0.324 e. The molecule has 2 aromatic rings. The zero-order chi connectivity index (χ0) is 21.3. The summed E-state index contributed by atoms with van der Waals surface area (Å²) in [6.45, 7) is 3.76. The number of benzene rings is 2. The average Bonchev–Trinajstić information content (AvgIpc) is 3.00. The average molecular weight is 407 g/mol. The first-order valence-electron chi connectivity index (χ1n) is 10.4. The Hall–Kier alpha value is -3.02. The molecule has 1 N–H and O–H groups in total. The van der Waals surface area contributed by atoms with Crippen molar-refractivity contribution in [1.29, 1.82) is 0 Å². The van der Waals surface area contributed by atoms with Crippen LogP contribution in [0.2, 0.25) is 0 Å². The molecule has 1 aliphatic carbocycles. The lowest BCUT2D eigenvalue weighted by Gasteiger charge is -2.40. The van der Waals surface area contributed by atoms with Gasteiger partial charge >= 0.3 is 0 Å². The fraction of sp³-hybridized carbons (Fsp3) is 0.375. The Kier molecular flexibility index (Phi) is 5.41. The number of aryl methyl sites for hydroxylation is 1. The lowest BCUT2D eigenvalue weighted by atomic mass is 9.82. The second-order valence-corrected chi connectivity index (χ2v) is 8.39. The van der Waals surface area contributed by atoms with Gasteiger partial charge in [0.15, 0.2) is 0 Å². The Morgan fingerprint density at radius 3 is 2.57 bits per heavy atom. The van der Waals surface area contributed by atoms with Crippen molar-refractivity contribution in [1.82, 2.24) is 4.90 Å². The molecule has 1 spiro atoms. The number of nitrogens with one attached hydrogen (secondary N) is 1. The summed E-state index contributed by atoms with van der Waals surface area (Å²) in [5.74, 6) is -0.375. The van der Waals surface area contributed by atoms with Gasteiger partial charge in [-0.2, -0.15) is 0 Å². The number of hydrogen-bond acceptors (Lipinski definition) is 3. The highest BCUT2D eigenvalue weighted by molar-refractivity contribution is 6.47. The molecule has 0 unspecified atom stereocenters. The molecule has 1 fully saturated rings.